The maximum Gasteiger partial charge on any atom is 0.164 e. The van der Waals surface area contributed by atoms with Gasteiger partial charge in [-0.1, -0.05) is 61.0 Å². The number of benzene rings is 2. The van der Waals surface area contributed by atoms with Crippen LogP contribution in [0.3, 0.4) is 0 Å². The lowest BCUT2D eigenvalue weighted by molar-refractivity contribution is 0.0964. The lowest BCUT2D eigenvalue weighted by Crippen LogP contribution is -2.35. The van der Waals surface area contributed by atoms with E-state index < -0.39 is 0 Å². The minimum atomic E-state index is 0.244. The summed E-state index contributed by atoms with van der Waals surface area (Å²) < 4.78 is 0. The predicted octanol–water partition coefficient (Wildman–Crippen LogP) is 4.07. The third-order valence-corrected chi connectivity index (χ3v) is 4.16. The molecule has 0 saturated carbocycles. The molecule has 3 rings (SSSR count). The predicted molar refractivity (Wildman–Crippen MR) is 86.5 cm³/mol. The van der Waals surface area contributed by atoms with Crippen molar-refractivity contribution >= 4 is 5.78 Å². The summed E-state index contributed by atoms with van der Waals surface area (Å²) in [6, 6.07) is 18.6. The van der Waals surface area contributed by atoms with Crippen LogP contribution >= 0.6 is 0 Å². The minimum Gasteiger partial charge on any atom is -0.314 e. The van der Waals surface area contributed by atoms with E-state index in [1.807, 2.05) is 42.5 Å². The minimum absolute atomic E-state index is 0.244. The van der Waals surface area contributed by atoms with Crippen LogP contribution in [0.15, 0.2) is 54.6 Å². The average Bonchev–Trinajstić information content (AvgIpc) is 2.57. The van der Waals surface area contributed by atoms with Crippen molar-refractivity contribution in [1.82, 2.24) is 5.32 Å². The molecule has 1 aliphatic rings. The first-order valence-corrected chi connectivity index (χ1v) is 7.75. The summed E-state index contributed by atoms with van der Waals surface area (Å²) in [6.07, 6.45) is 4.20. The van der Waals surface area contributed by atoms with Crippen LogP contribution in [0.2, 0.25) is 0 Å². The molecule has 0 aromatic heterocycles. The van der Waals surface area contributed by atoms with Crippen LogP contribution < -0.4 is 5.32 Å². The van der Waals surface area contributed by atoms with E-state index in [2.05, 4.69) is 17.4 Å². The number of piperidine rings is 1. The van der Waals surface area contributed by atoms with Gasteiger partial charge in [0.2, 0.25) is 0 Å². The van der Waals surface area contributed by atoms with Crippen LogP contribution in [-0.2, 0) is 0 Å². The van der Waals surface area contributed by atoms with E-state index in [0.717, 1.165) is 24.1 Å². The quantitative estimate of drug-likeness (QED) is 0.855. The SMILES string of the molecule is O=C(CC1CCCCN1)c1ccc(-c2ccccc2)cc1. The molecule has 1 saturated heterocycles. The highest BCUT2D eigenvalue weighted by atomic mass is 16.1. The number of nitrogens with one attached hydrogen (secondary N) is 1. The van der Waals surface area contributed by atoms with Gasteiger partial charge in [0.15, 0.2) is 5.78 Å². The van der Waals surface area contributed by atoms with Crippen molar-refractivity contribution in [3.8, 4) is 11.1 Å². The molecule has 1 N–H and O–H groups in total. The van der Waals surface area contributed by atoms with Gasteiger partial charge in [-0.15, -0.1) is 0 Å². The Labute approximate surface area is 126 Å². The average molecular weight is 279 g/mol. The molecule has 0 amide bonds. The van der Waals surface area contributed by atoms with Gasteiger partial charge in [0.05, 0.1) is 0 Å². The van der Waals surface area contributed by atoms with E-state index in [4.69, 9.17) is 0 Å². The number of Topliss-reactive ketones (excluding diaryl/α,β-unsaturated/α-hetero) is 1. The Morgan fingerprint density at radius 2 is 1.67 bits per heavy atom. The van der Waals surface area contributed by atoms with Crippen molar-refractivity contribution in [2.45, 2.75) is 31.7 Å². The maximum absolute atomic E-state index is 12.3. The summed E-state index contributed by atoms with van der Waals surface area (Å²) >= 11 is 0. The molecule has 21 heavy (non-hydrogen) atoms. The Balaban J connectivity index is 1.67. The Morgan fingerprint density at radius 3 is 2.33 bits per heavy atom. The number of hydrogen-bond acceptors (Lipinski definition) is 2. The molecule has 2 nitrogen and oxygen atoms in total. The molecule has 0 bridgehead atoms. The van der Waals surface area contributed by atoms with Gasteiger partial charge < -0.3 is 5.32 Å². The molecule has 0 spiro atoms. The van der Waals surface area contributed by atoms with Gasteiger partial charge in [0.25, 0.3) is 0 Å². The smallest absolute Gasteiger partial charge is 0.164 e. The van der Waals surface area contributed by atoms with Crippen LogP contribution in [0, 0.1) is 0 Å². The van der Waals surface area contributed by atoms with Crippen molar-refractivity contribution in [3.63, 3.8) is 0 Å². The topological polar surface area (TPSA) is 29.1 Å². The van der Waals surface area contributed by atoms with E-state index in [-0.39, 0.29) is 5.78 Å². The molecule has 1 atom stereocenters. The fourth-order valence-corrected chi connectivity index (χ4v) is 2.92. The van der Waals surface area contributed by atoms with Crippen LogP contribution in [0.1, 0.15) is 36.0 Å². The zero-order chi connectivity index (χ0) is 14.5. The lowest BCUT2D eigenvalue weighted by Gasteiger charge is -2.22. The van der Waals surface area contributed by atoms with Gasteiger partial charge >= 0.3 is 0 Å². The van der Waals surface area contributed by atoms with E-state index in [9.17, 15) is 4.79 Å². The van der Waals surface area contributed by atoms with Gasteiger partial charge in [0.1, 0.15) is 0 Å². The van der Waals surface area contributed by atoms with Gasteiger partial charge in [-0.2, -0.15) is 0 Å². The molecular weight excluding hydrogens is 258 g/mol. The first kappa shape index (κ1) is 14.0. The monoisotopic (exact) mass is 279 g/mol. The number of ketones is 1. The lowest BCUT2D eigenvalue weighted by atomic mass is 9.96. The Bertz CT molecular complexity index is 583. The van der Waals surface area contributed by atoms with Crippen molar-refractivity contribution in [1.29, 1.82) is 0 Å². The van der Waals surface area contributed by atoms with E-state index in [1.165, 1.54) is 18.4 Å². The first-order chi connectivity index (χ1) is 10.3. The highest BCUT2D eigenvalue weighted by Crippen LogP contribution is 2.20. The zero-order valence-corrected chi connectivity index (χ0v) is 12.2. The molecule has 1 heterocycles. The largest absolute Gasteiger partial charge is 0.314 e. The van der Waals surface area contributed by atoms with Gasteiger partial charge in [-0.25, -0.2) is 0 Å². The standard InChI is InChI=1S/C19H21NO/c21-19(14-18-8-4-5-13-20-18)17-11-9-16(10-12-17)15-6-2-1-3-7-15/h1-3,6-7,9-12,18,20H,4-5,8,13-14H2. The van der Waals surface area contributed by atoms with Gasteiger partial charge in [0, 0.05) is 18.0 Å². The van der Waals surface area contributed by atoms with Gasteiger partial charge in [-0.3, -0.25) is 4.79 Å². The highest BCUT2D eigenvalue weighted by molar-refractivity contribution is 5.96. The fraction of sp³-hybridized carbons (Fsp3) is 0.316. The van der Waals surface area contributed by atoms with Crippen LogP contribution in [0.5, 0.6) is 0 Å². The Kier molecular flexibility index (Phi) is 4.46. The van der Waals surface area contributed by atoms with Crippen LogP contribution in [0.25, 0.3) is 11.1 Å². The van der Waals surface area contributed by atoms with E-state index in [0.29, 0.717) is 12.5 Å². The second-order valence-corrected chi connectivity index (χ2v) is 5.72. The van der Waals surface area contributed by atoms with E-state index in [1.54, 1.807) is 0 Å². The summed E-state index contributed by atoms with van der Waals surface area (Å²) in [5.74, 6) is 0.244. The second kappa shape index (κ2) is 6.68. The molecule has 1 aliphatic heterocycles. The van der Waals surface area contributed by atoms with Crippen molar-refractivity contribution in [3.05, 3.63) is 60.2 Å². The molecule has 2 heteroatoms. The fourth-order valence-electron chi connectivity index (χ4n) is 2.92. The van der Waals surface area contributed by atoms with Crippen molar-refractivity contribution in [2.24, 2.45) is 0 Å². The van der Waals surface area contributed by atoms with Gasteiger partial charge in [-0.05, 0) is 30.5 Å². The second-order valence-electron chi connectivity index (χ2n) is 5.72. The number of rotatable bonds is 4. The molecule has 0 radical (unpaired) electrons. The third-order valence-electron chi connectivity index (χ3n) is 4.16. The summed E-state index contributed by atoms with van der Waals surface area (Å²) in [7, 11) is 0. The zero-order valence-electron chi connectivity index (χ0n) is 12.2. The number of carbonyl (C=O) groups excluding carboxylic acids is 1. The molecule has 2 aromatic carbocycles. The molecule has 1 fully saturated rings. The summed E-state index contributed by atoms with van der Waals surface area (Å²) in [4.78, 5) is 12.3. The first-order valence-electron chi connectivity index (χ1n) is 7.75. The van der Waals surface area contributed by atoms with Crippen molar-refractivity contribution < 1.29 is 4.79 Å². The molecule has 2 aromatic rings. The van der Waals surface area contributed by atoms with Crippen LogP contribution in [-0.4, -0.2) is 18.4 Å². The Hall–Kier alpha value is -1.93. The molecule has 1 unspecified atom stereocenters. The molecule has 108 valence electrons. The van der Waals surface area contributed by atoms with Crippen LogP contribution in [0.4, 0.5) is 0 Å². The highest BCUT2D eigenvalue weighted by Gasteiger charge is 2.17. The summed E-state index contributed by atoms with van der Waals surface area (Å²) in [6.45, 7) is 1.05. The Morgan fingerprint density at radius 1 is 0.952 bits per heavy atom. The number of carbonyl (C=O) groups is 1. The summed E-state index contributed by atoms with van der Waals surface area (Å²) in [5, 5.41) is 3.44. The number of hydrogen-bond donors (Lipinski definition) is 1. The molecule has 0 aliphatic carbocycles. The maximum atomic E-state index is 12.3. The normalized spacial score (nSPS) is 18.4. The van der Waals surface area contributed by atoms with Crippen molar-refractivity contribution in [2.75, 3.05) is 6.54 Å². The third kappa shape index (κ3) is 3.59. The van der Waals surface area contributed by atoms with E-state index >= 15 is 0 Å². The molecular formula is C19H21NO. The summed E-state index contributed by atoms with van der Waals surface area (Å²) in [5.41, 5.74) is 3.16.